The molecule has 1 amide bonds. The topological polar surface area (TPSA) is 64.6 Å². The van der Waals surface area contributed by atoms with E-state index in [4.69, 9.17) is 4.74 Å². The van der Waals surface area contributed by atoms with Crippen LogP contribution in [0.2, 0.25) is 0 Å². The van der Waals surface area contributed by atoms with Crippen molar-refractivity contribution in [2.45, 2.75) is 39.7 Å². The molecule has 0 saturated heterocycles. The molecule has 0 bridgehead atoms. The van der Waals surface area contributed by atoms with E-state index >= 15 is 0 Å². The molecule has 0 aromatic carbocycles. The van der Waals surface area contributed by atoms with Crippen molar-refractivity contribution in [3.05, 3.63) is 0 Å². The largest absolute Gasteiger partial charge is 0.464 e. The molecule has 1 unspecified atom stereocenters. The number of carbonyl (C=O) groups excluding carboxylic acids is 2. The van der Waals surface area contributed by atoms with Gasteiger partial charge in [-0.1, -0.05) is 13.8 Å². The van der Waals surface area contributed by atoms with Gasteiger partial charge in [-0.25, -0.2) is 9.59 Å². The Bertz CT molecular complexity index is 228. The van der Waals surface area contributed by atoms with Crippen molar-refractivity contribution in [1.29, 1.82) is 0 Å². The highest BCUT2D eigenvalue weighted by Crippen LogP contribution is 2.03. The van der Waals surface area contributed by atoms with Crippen molar-refractivity contribution in [2.24, 2.45) is 5.92 Å². The van der Waals surface area contributed by atoms with Crippen molar-refractivity contribution in [3.63, 3.8) is 0 Å². The molecule has 0 aromatic heterocycles. The van der Waals surface area contributed by atoms with Crippen LogP contribution in [-0.2, 0) is 14.3 Å². The van der Waals surface area contributed by atoms with E-state index < -0.39 is 18.1 Å². The fourth-order valence-electron chi connectivity index (χ4n) is 1.08. The van der Waals surface area contributed by atoms with Crippen LogP contribution in [-0.4, -0.2) is 31.8 Å². The molecule has 0 fully saturated rings. The summed E-state index contributed by atoms with van der Waals surface area (Å²) in [6.07, 6.45) is 1.23. The number of hydrogen-bond donors (Lipinski definition) is 1. The normalized spacial score (nSPS) is 12.1. The Morgan fingerprint density at radius 2 is 1.88 bits per heavy atom. The van der Waals surface area contributed by atoms with Crippen LogP contribution in [0.25, 0.3) is 0 Å². The number of nitrogens with one attached hydrogen (secondary N) is 1. The van der Waals surface area contributed by atoms with Crippen LogP contribution in [0, 0.1) is 5.92 Å². The third-order valence-electron chi connectivity index (χ3n) is 2.04. The standard InChI is InChI=1S/C11H21NO4/c1-8(2)6-5-7-16-10(13)9(3)12-11(14)15-4/h8-9H,5-7H2,1-4H3,(H,12,14). The smallest absolute Gasteiger partial charge is 0.407 e. The summed E-state index contributed by atoms with van der Waals surface area (Å²) in [4.78, 5) is 22.2. The third-order valence-corrected chi connectivity index (χ3v) is 2.04. The van der Waals surface area contributed by atoms with Gasteiger partial charge >= 0.3 is 12.1 Å². The summed E-state index contributed by atoms with van der Waals surface area (Å²) in [5, 5.41) is 2.34. The number of ether oxygens (including phenoxy) is 2. The van der Waals surface area contributed by atoms with Crippen LogP contribution >= 0.6 is 0 Å². The molecule has 5 nitrogen and oxygen atoms in total. The lowest BCUT2D eigenvalue weighted by Crippen LogP contribution is -2.39. The molecule has 5 heteroatoms. The second kappa shape index (κ2) is 7.96. The summed E-state index contributed by atoms with van der Waals surface area (Å²) in [6.45, 7) is 6.18. The first-order chi connectivity index (χ1) is 7.47. The Labute approximate surface area is 96.5 Å². The van der Waals surface area contributed by atoms with E-state index in [1.54, 1.807) is 6.92 Å². The fraction of sp³-hybridized carbons (Fsp3) is 0.818. The first-order valence-corrected chi connectivity index (χ1v) is 5.48. The molecule has 0 radical (unpaired) electrons. The van der Waals surface area contributed by atoms with Crippen LogP contribution in [0.1, 0.15) is 33.6 Å². The number of hydrogen-bond acceptors (Lipinski definition) is 4. The molecule has 0 spiro atoms. The second-order valence-electron chi connectivity index (χ2n) is 4.06. The second-order valence-corrected chi connectivity index (χ2v) is 4.06. The molecular formula is C11H21NO4. The van der Waals surface area contributed by atoms with Gasteiger partial charge in [-0.05, 0) is 25.7 Å². The Kier molecular flexibility index (Phi) is 7.33. The van der Waals surface area contributed by atoms with Gasteiger partial charge in [-0.15, -0.1) is 0 Å². The van der Waals surface area contributed by atoms with E-state index in [0.29, 0.717) is 12.5 Å². The number of alkyl carbamates (subject to hydrolysis) is 1. The zero-order chi connectivity index (χ0) is 12.6. The van der Waals surface area contributed by atoms with E-state index in [2.05, 4.69) is 23.9 Å². The number of methoxy groups -OCH3 is 1. The predicted octanol–water partition coefficient (Wildman–Crippen LogP) is 1.71. The summed E-state index contributed by atoms with van der Waals surface area (Å²) in [5.74, 6) is 0.165. The van der Waals surface area contributed by atoms with E-state index in [9.17, 15) is 9.59 Å². The van der Waals surface area contributed by atoms with Crippen molar-refractivity contribution in [2.75, 3.05) is 13.7 Å². The van der Waals surface area contributed by atoms with Gasteiger partial charge in [0.1, 0.15) is 6.04 Å². The SMILES string of the molecule is COC(=O)NC(C)C(=O)OCCCC(C)C. The van der Waals surface area contributed by atoms with Crippen LogP contribution in [0.15, 0.2) is 0 Å². The Balaban J connectivity index is 3.67. The molecule has 94 valence electrons. The summed E-state index contributed by atoms with van der Waals surface area (Å²) in [7, 11) is 1.25. The van der Waals surface area contributed by atoms with Gasteiger partial charge in [0.05, 0.1) is 13.7 Å². The molecule has 0 aliphatic carbocycles. The van der Waals surface area contributed by atoms with Crippen molar-refractivity contribution in [1.82, 2.24) is 5.32 Å². The zero-order valence-corrected chi connectivity index (χ0v) is 10.4. The van der Waals surface area contributed by atoms with Crippen LogP contribution in [0.3, 0.4) is 0 Å². The average Bonchev–Trinajstić information content (AvgIpc) is 2.23. The summed E-state index contributed by atoms with van der Waals surface area (Å²) >= 11 is 0. The highest BCUT2D eigenvalue weighted by Gasteiger charge is 2.16. The van der Waals surface area contributed by atoms with Gasteiger partial charge in [-0.3, -0.25) is 0 Å². The Hall–Kier alpha value is -1.26. The van der Waals surface area contributed by atoms with Crippen molar-refractivity contribution in [3.8, 4) is 0 Å². The van der Waals surface area contributed by atoms with Gasteiger partial charge in [-0.2, -0.15) is 0 Å². The minimum Gasteiger partial charge on any atom is -0.464 e. The molecule has 0 rings (SSSR count). The fourth-order valence-corrected chi connectivity index (χ4v) is 1.08. The molecule has 0 aliphatic rings. The molecule has 0 aromatic rings. The first kappa shape index (κ1) is 14.7. The molecule has 0 heterocycles. The summed E-state index contributed by atoms with van der Waals surface area (Å²) in [6, 6.07) is -0.675. The van der Waals surface area contributed by atoms with Gasteiger partial charge in [0.25, 0.3) is 0 Å². The predicted molar refractivity (Wildman–Crippen MR) is 60.0 cm³/mol. The Morgan fingerprint density at radius 1 is 1.25 bits per heavy atom. The lowest BCUT2D eigenvalue weighted by atomic mass is 10.1. The number of esters is 1. The highest BCUT2D eigenvalue weighted by molar-refractivity contribution is 5.80. The molecule has 1 N–H and O–H groups in total. The highest BCUT2D eigenvalue weighted by atomic mass is 16.5. The van der Waals surface area contributed by atoms with Crippen molar-refractivity contribution < 1.29 is 19.1 Å². The van der Waals surface area contributed by atoms with E-state index in [0.717, 1.165) is 12.8 Å². The number of carbonyl (C=O) groups is 2. The maximum atomic E-state index is 11.3. The summed E-state index contributed by atoms with van der Waals surface area (Å²) < 4.78 is 9.36. The number of amides is 1. The summed E-state index contributed by atoms with van der Waals surface area (Å²) in [5.41, 5.74) is 0. The van der Waals surface area contributed by atoms with Crippen LogP contribution in [0.4, 0.5) is 4.79 Å². The van der Waals surface area contributed by atoms with Gasteiger partial charge in [0, 0.05) is 0 Å². The lowest BCUT2D eigenvalue weighted by Gasteiger charge is -2.12. The Morgan fingerprint density at radius 3 is 2.38 bits per heavy atom. The monoisotopic (exact) mass is 231 g/mol. The first-order valence-electron chi connectivity index (χ1n) is 5.48. The van der Waals surface area contributed by atoms with E-state index in [1.807, 2.05) is 0 Å². The van der Waals surface area contributed by atoms with Crippen LogP contribution in [0.5, 0.6) is 0 Å². The molecule has 0 saturated carbocycles. The molecule has 16 heavy (non-hydrogen) atoms. The number of rotatable bonds is 6. The zero-order valence-electron chi connectivity index (χ0n) is 10.4. The van der Waals surface area contributed by atoms with Gasteiger partial charge < -0.3 is 14.8 Å². The van der Waals surface area contributed by atoms with E-state index in [-0.39, 0.29) is 0 Å². The average molecular weight is 231 g/mol. The van der Waals surface area contributed by atoms with E-state index in [1.165, 1.54) is 7.11 Å². The maximum absolute atomic E-state index is 11.3. The minimum atomic E-state index is -0.675. The van der Waals surface area contributed by atoms with Gasteiger partial charge in [0.2, 0.25) is 0 Å². The molecule has 1 atom stereocenters. The minimum absolute atomic E-state index is 0.393. The van der Waals surface area contributed by atoms with Crippen molar-refractivity contribution >= 4 is 12.1 Å². The van der Waals surface area contributed by atoms with Crippen LogP contribution < -0.4 is 5.32 Å². The van der Waals surface area contributed by atoms with Gasteiger partial charge in [0.15, 0.2) is 0 Å². The third kappa shape index (κ3) is 7.09. The maximum Gasteiger partial charge on any atom is 0.407 e. The molecular weight excluding hydrogens is 210 g/mol. The lowest BCUT2D eigenvalue weighted by molar-refractivity contribution is -0.145. The quantitative estimate of drug-likeness (QED) is 0.558. The molecule has 0 aliphatic heterocycles.